The van der Waals surface area contributed by atoms with Crippen LogP contribution in [0.4, 0.5) is 51.2 Å². The fraction of sp³-hybridized carbons (Fsp3) is 0.250. The maximum atomic E-state index is 6.44. The first-order valence-corrected chi connectivity index (χ1v) is 25.0. The highest BCUT2D eigenvalue weighted by molar-refractivity contribution is 7.00. The Balaban J connectivity index is 1.10. The first-order chi connectivity index (χ1) is 33.0. The Morgan fingerprint density at radius 1 is 0.449 bits per heavy atom. The molecule has 0 unspecified atom stereocenters. The second-order valence-corrected chi connectivity index (χ2v) is 23.3. The third kappa shape index (κ3) is 6.94. The van der Waals surface area contributed by atoms with Crippen LogP contribution in [0.15, 0.2) is 174 Å². The molecule has 5 heteroatoms. The van der Waals surface area contributed by atoms with E-state index in [4.69, 9.17) is 4.42 Å². The standard InChI is InChI=1S/C64H62BN3O/c1-61(2,3)41-22-26-43(27-23-41)66(44-28-24-42(25-29-44)62(4,5)6)47-31-34-53-57(40-47)68(45-32-35-59-49(38-45)48-16-11-14-21-58(48)69-59)56-20-15-19-55-60(56)65(53)52-17-12-13-18-54(52)67(55)46-30-33-50-51(39-46)64(9,10)37-36-63(50,7)8/h11-35,38-40H,36-37H2,1-10H3. The van der Waals surface area contributed by atoms with Gasteiger partial charge in [0.2, 0.25) is 0 Å². The Labute approximate surface area is 409 Å². The molecular weight excluding hydrogens is 838 g/mol. The summed E-state index contributed by atoms with van der Waals surface area (Å²) in [4.78, 5) is 7.52. The average Bonchev–Trinajstić information content (AvgIpc) is 3.71. The molecule has 1 aliphatic carbocycles. The quantitative estimate of drug-likeness (QED) is 0.161. The van der Waals surface area contributed by atoms with Crippen molar-refractivity contribution < 1.29 is 4.42 Å². The van der Waals surface area contributed by atoms with E-state index in [9.17, 15) is 0 Å². The topological polar surface area (TPSA) is 22.9 Å². The summed E-state index contributed by atoms with van der Waals surface area (Å²) in [6, 6.07) is 64.2. The van der Waals surface area contributed by atoms with Gasteiger partial charge >= 0.3 is 0 Å². The highest BCUT2D eigenvalue weighted by Gasteiger charge is 2.44. The van der Waals surface area contributed by atoms with Crippen molar-refractivity contribution in [1.82, 2.24) is 0 Å². The molecule has 0 radical (unpaired) electrons. The van der Waals surface area contributed by atoms with E-state index in [0.717, 1.165) is 50.4 Å². The van der Waals surface area contributed by atoms with Crippen LogP contribution in [0, 0.1) is 0 Å². The molecule has 0 saturated carbocycles. The number of furan rings is 1. The molecule has 0 atom stereocenters. The second kappa shape index (κ2) is 15.3. The molecule has 4 nitrogen and oxygen atoms in total. The highest BCUT2D eigenvalue weighted by atomic mass is 16.3. The van der Waals surface area contributed by atoms with E-state index in [1.165, 1.54) is 74.2 Å². The van der Waals surface area contributed by atoms with Crippen molar-refractivity contribution in [1.29, 1.82) is 0 Å². The SMILES string of the molecule is CC(C)(C)c1ccc(N(c2ccc(C(C)(C)C)cc2)c2ccc3c(c2)N(c2ccc4oc5ccccc5c4c2)c2cccc4c2B3c2ccccc2N4c2ccc3c(c2)C(C)(C)CCC3(C)C)cc1. The molecule has 12 rings (SSSR count). The highest BCUT2D eigenvalue weighted by Crippen LogP contribution is 2.51. The van der Waals surface area contributed by atoms with Gasteiger partial charge in [-0.15, -0.1) is 0 Å². The molecule has 0 bridgehead atoms. The number of anilines is 9. The summed E-state index contributed by atoms with van der Waals surface area (Å²) in [5, 5.41) is 2.23. The monoisotopic (exact) mass is 899 g/mol. The van der Waals surface area contributed by atoms with Crippen LogP contribution < -0.4 is 31.1 Å². The van der Waals surface area contributed by atoms with Gasteiger partial charge < -0.3 is 19.1 Å². The number of benzene rings is 8. The van der Waals surface area contributed by atoms with Crippen LogP contribution in [0.5, 0.6) is 0 Å². The lowest BCUT2D eigenvalue weighted by molar-refractivity contribution is 0.332. The Hall–Kier alpha value is -6.98. The number of hydrogen-bond acceptors (Lipinski definition) is 4. The van der Waals surface area contributed by atoms with Gasteiger partial charge in [-0.3, -0.25) is 0 Å². The first-order valence-electron chi connectivity index (χ1n) is 25.0. The summed E-state index contributed by atoms with van der Waals surface area (Å²) in [7, 11) is 0. The molecule has 3 aliphatic rings. The molecular formula is C64H62BN3O. The Kier molecular flexibility index (Phi) is 9.58. The van der Waals surface area contributed by atoms with E-state index in [2.05, 4.69) is 254 Å². The minimum absolute atomic E-state index is 0.000950. The number of hydrogen-bond donors (Lipinski definition) is 0. The molecule has 1 aromatic heterocycles. The molecule has 9 aromatic rings. The molecule has 0 fully saturated rings. The van der Waals surface area contributed by atoms with Gasteiger partial charge in [-0.1, -0.05) is 148 Å². The van der Waals surface area contributed by atoms with E-state index in [-0.39, 0.29) is 28.4 Å². The Bertz CT molecular complexity index is 3430. The normalized spacial score (nSPS) is 15.7. The number of rotatable bonds is 5. The van der Waals surface area contributed by atoms with E-state index in [1.807, 2.05) is 0 Å². The van der Waals surface area contributed by atoms with Crippen molar-refractivity contribution in [2.24, 2.45) is 0 Å². The van der Waals surface area contributed by atoms with Gasteiger partial charge in [0, 0.05) is 62.0 Å². The largest absolute Gasteiger partial charge is 0.456 e. The molecule has 0 spiro atoms. The van der Waals surface area contributed by atoms with Crippen LogP contribution in [0.1, 0.15) is 104 Å². The predicted octanol–water partition coefficient (Wildman–Crippen LogP) is 16.1. The summed E-state index contributed by atoms with van der Waals surface area (Å²) in [5.41, 5.74) is 22.0. The van der Waals surface area contributed by atoms with E-state index in [1.54, 1.807) is 0 Å². The number of nitrogens with zero attached hydrogens (tertiary/aromatic N) is 3. The first kappa shape index (κ1) is 43.3. The van der Waals surface area contributed by atoms with E-state index < -0.39 is 0 Å². The van der Waals surface area contributed by atoms with Gasteiger partial charge in [0.05, 0.1) is 0 Å². The molecule has 0 N–H and O–H groups in total. The van der Waals surface area contributed by atoms with E-state index in [0.29, 0.717) is 0 Å². The predicted molar refractivity (Wildman–Crippen MR) is 295 cm³/mol. The maximum absolute atomic E-state index is 6.44. The fourth-order valence-electron chi connectivity index (χ4n) is 11.8. The fourth-order valence-corrected chi connectivity index (χ4v) is 11.8. The van der Waals surface area contributed by atoms with Gasteiger partial charge in [-0.05, 0) is 164 Å². The van der Waals surface area contributed by atoms with Crippen molar-refractivity contribution in [2.45, 2.75) is 104 Å². The van der Waals surface area contributed by atoms with Gasteiger partial charge in [0.15, 0.2) is 0 Å². The third-order valence-electron chi connectivity index (χ3n) is 15.8. The zero-order valence-electron chi connectivity index (χ0n) is 41.9. The minimum atomic E-state index is 0.000950. The maximum Gasteiger partial charge on any atom is 0.252 e. The smallest absolute Gasteiger partial charge is 0.252 e. The average molecular weight is 900 g/mol. The lowest BCUT2D eigenvalue weighted by atomic mass is 9.33. The van der Waals surface area contributed by atoms with Crippen LogP contribution in [0.2, 0.25) is 0 Å². The van der Waals surface area contributed by atoms with Crippen molar-refractivity contribution in [3.8, 4) is 0 Å². The third-order valence-corrected chi connectivity index (χ3v) is 15.8. The van der Waals surface area contributed by atoms with Crippen molar-refractivity contribution >= 4 is 96.2 Å². The second-order valence-electron chi connectivity index (χ2n) is 23.3. The molecule has 8 aromatic carbocycles. The van der Waals surface area contributed by atoms with Crippen LogP contribution in [0.3, 0.4) is 0 Å². The summed E-state index contributed by atoms with van der Waals surface area (Å²) in [6.07, 6.45) is 2.36. The van der Waals surface area contributed by atoms with Gasteiger partial charge in [0.1, 0.15) is 11.2 Å². The summed E-state index contributed by atoms with van der Waals surface area (Å²) in [6.45, 7) is 23.4. The van der Waals surface area contributed by atoms with Crippen molar-refractivity contribution in [3.05, 3.63) is 192 Å². The summed E-state index contributed by atoms with van der Waals surface area (Å²) >= 11 is 0. The lowest BCUT2D eigenvalue weighted by Gasteiger charge is -2.45. The number of fused-ring (bicyclic) bond motifs is 8. The van der Waals surface area contributed by atoms with Gasteiger partial charge in [-0.2, -0.15) is 0 Å². The zero-order valence-corrected chi connectivity index (χ0v) is 41.9. The van der Waals surface area contributed by atoms with Crippen LogP contribution in [0.25, 0.3) is 21.9 Å². The molecule has 0 amide bonds. The number of para-hydroxylation sites is 2. The summed E-state index contributed by atoms with van der Waals surface area (Å²) < 4.78 is 6.44. The minimum Gasteiger partial charge on any atom is -0.456 e. The molecule has 342 valence electrons. The van der Waals surface area contributed by atoms with Crippen molar-refractivity contribution in [2.75, 3.05) is 14.7 Å². The summed E-state index contributed by atoms with van der Waals surface area (Å²) in [5.74, 6) is 0. The van der Waals surface area contributed by atoms with E-state index >= 15 is 0 Å². The zero-order chi connectivity index (χ0) is 47.8. The van der Waals surface area contributed by atoms with Gasteiger partial charge in [0.25, 0.3) is 6.71 Å². The Morgan fingerprint density at radius 3 is 1.64 bits per heavy atom. The van der Waals surface area contributed by atoms with Crippen LogP contribution >= 0.6 is 0 Å². The molecule has 2 aliphatic heterocycles. The molecule has 69 heavy (non-hydrogen) atoms. The van der Waals surface area contributed by atoms with Crippen LogP contribution in [-0.2, 0) is 21.7 Å². The Morgan fingerprint density at radius 2 is 0.971 bits per heavy atom. The molecule has 3 heterocycles. The van der Waals surface area contributed by atoms with Gasteiger partial charge in [-0.25, -0.2) is 0 Å². The lowest BCUT2D eigenvalue weighted by Crippen LogP contribution is -2.61. The van der Waals surface area contributed by atoms with Crippen molar-refractivity contribution in [3.63, 3.8) is 0 Å². The molecule has 0 saturated heterocycles. The van der Waals surface area contributed by atoms with Crippen LogP contribution in [-0.4, -0.2) is 6.71 Å².